The van der Waals surface area contributed by atoms with E-state index in [0.29, 0.717) is 66.3 Å². The number of nitrogens with one attached hydrogen (secondary N) is 1. The molecule has 0 unspecified atom stereocenters. The van der Waals surface area contributed by atoms with Crippen LogP contribution in [0, 0.1) is 11.3 Å². The molecule has 2 aliphatic rings. The van der Waals surface area contributed by atoms with E-state index in [2.05, 4.69) is 36.4 Å². The second-order valence-electron chi connectivity index (χ2n) is 9.52. The van der Waals surface area contributed by atoms with Gasteiger partial charge < -0.3 is 25.9 Å². The van der Waals surface area contributed by atoms with Crippen molar-refractivity contribution in [2.45, 2.75) is 37.9 Å². The van der Waals surface area contributed by atoms with Crippen molar-refractivity contribution in [1.82, 2.24) is 15.0 Å². The second kappa shape index (κ2) is 12.3. The molecule has 2 atom stereocenters. The molecule has 40 heavy (non-hydrogen) atoms. The molecule has 12 nitrogen and oxygen atoms in total. The zero-order valence-corrected chi connectivity index (χ0v) is 21.8. The normalized spacial score (nSPS) is 19.2. The maximum Gasteiger partial charge on any atom is 0.326 e. The van der Waals surface area contributed by atoms with E-state index in [9.17, 15) is 15.2 Å². The number of hydrogen-bond acceptors (Lipinski definition) is 11. The Morgan fingerprint density at radius 2 is 2.10 bits per heavy atom. The van der Waals surface area contributed by atoms with Gasteiger partial charge in [0.2, 0.25) is 5.95 Å². The number of hydrazone groups is 1. The Morgan fingerprint density at radius 3 is 2.88 bits per heavy atom. The van der Waals surface area contributed by atoms with Crippen molar-refractivity contribution >= 4 is 29.7 Å². The molecule has 2 aromatic heterocycles. The third kappa shape index (κ3) is 6.22. The lowest BCUT2D eigenvalue weighted by molar-refractivity contribution is -0.138. The Bertz CT molecular complexity index is 1480. The minimum absolute atomic E-state index is 0.0788. The van der Waals surface area contributed by atoms with Crippen molar-refractivity contribution in [3.05, 3.63) is 65.5 Å². The third-order valence-electron chi connectivity index (χ3n) is 6.77. The molecule has 2 saturated heterocycles. The summed E-state index contributed by atoms with van der Waals surface area (Å²) < 4.78 is 5.47. The number of aliphatic carboxylic acids is 1. The van der Waals surface area contributed by atoms with Crippen molar-refractivity contribution in [2.24, 2.45) is 15.9 Å². The largest absolute Gasteiger partial charge is 0.480 e. The van der Waals surface area contributed by atoms with Crippen molar-refractivity contribution in [1.29, 1.82) is 5.26 Å². The summed E-state index contributed by atoms with van der Waals surface area (Å²) in [6, 6.07) is 16.1. The van der Waals surface area contributed by atoms with Crippen LogP contribution in [0.4, 0.5) is 11.8 Å². The summed E-state index contributed by atoms with van der Waals surface area (Å²) in [6.07, 6.45) is 3.78. The quantitative estimate of drug-likeness (QED) is 0.208. The molecule has 2 fully saturated rings. The predicted molar refractivity (Wildman–Crippen MR) is 150 cm³/mol. The Morgan fingerprint density at radius 1 is 1.23 bits per heavy atom. The van der Waals surface area contributed by atoms with E-state index in [4.69, 9.17) is 10.6 Å². The summed E-state index contributed by atoms with van der Waals surface area (Å²) in [5, 5.41) is 26.1. The maximum absolute atomic E-state index is 11.6. The molecule has 0 radical (unpaired) electrons. The van der Waals surface area contributed by atoms with Crippen LogP contribution in [0.15, 0.2) is 58.6 Å². The van der Waals surface area contributed by atoms with Gasteiger partial charge in [0, 0.05) is 18.7 Å². The Hall–Kier alpha value is -4.89. The molecule has 0 aliphatic carbocycles. The van der Waals surface area contributed by atoms with Gasteiger partial charge in [0.25, 0.3) is 0 Å². The van der Waals surface area contributed by atoms with Gasteiger partial charge in [-0.2, -0.15) is 10.4 Å². The lowest BCUT2D eigenvalue weighted by Crippen LogP contribution is -2.36. The van der Waals surface area contributed by atoms with Gasteiger partial charge >= 0.3 is 5.97 Å². The highest BCUT2D eigenvalue weighted by Crippen LogP contribution is 2.25. The van der Waals surface area contributed by atoms with Gasteiger partial charge in [-0.15, -0.1) is 0 Å². The summed E-state index contributed by atoms with van der Waals surface area (Å²) >= 11 is 0. The molecule has 3 aromatic rings. The van der Waals surface area contributed by atoms with E-state index < -0.39 is 12.0 Å². The molecule has 204 valence electrons. The zero-order valence-electron chi connectivity index (χ0n) is 21.8. The third-order valence-corrected chi connectivity index (χ3v) is 6.77. The number of carboxylic acid groups (broad SMARTS) is 1. The van der Waals surface area contributed by atoms with Crippen molar-refractivity contribution in [3.8, 4) is 17.3 Å². The molecule has 0 amide bonds. The van der Waals surface area contributed by atoms with Crippen LogP contribution in [0.1, 0.15) is 36.2 Å². The lowest BCUT2D eigenvalue weighted by atomic mass is 10.1. The lowest BCUT2D eigenvalue weighted by Gasteiger charge is -2.22. The molecule has 1 aromatic carbocycles. The van der Waals surface area contributed by atoms with E-state index in [0.717, 1.165) is 18.4 Å². The van der Waals surface area contributed by atoms with Crippen LogP contribution < -0.4 is 16.1 Å². The fourth-order valence-corrected chi connectivity index (χ4v) is 4.77. The summed E-state index contributed by atoms with van der Waals surface area (Å²) in [6.45, 7) is 2.12. The fraction of sp³-hybridized carbons (Fsp3) is 0.321. The van der Waals surface area contributed by atoms with E-state index in [-0.39, 0.29) is 12.6 Å². The van der Waals surface area contributed by atoms with Gasteiger partial charge in [0.15, 0.2) is 0 Å². The Labute approximate surface area is 231 Å². The number of carboxylic acids is 1. The van der Waals surface area contributed by atoms with Crippen LogP contribution >= 0.6 is 0 Å². The first kappa shape index (κ1) is 26.7. The molecule has 0 spiro atoms. The molecule has 0 saturated carbocycles. The van der Waals surface area contributed by atoms with Crippen LogP contribution in [0.5, 0.6) is 0 Å². The number of pyridine rings is 1. The smallest absolute Gasteiger partial charge is 0.326 e. The van der Waals surface area contributed by atoms with Gasteiger partial charge in [0.05, 0.1) is 54.1 Å². The molecule has 2 aliphatic heterocycles. The number of aliphatic imine (C=N–C) groups is 1. The summed E-state index contributed by atoms with van der Waals surface area (Å²) in [5.41, 5.74) is 3.36. The van der Waals surface area contributed by atoms with Crippen molar-refractivity contribution < 1.29 is 14.6 Å². The van der Waals surface area contributed by atoms with Crippen LogP contribution in [0.2, 0.25) is 0 Å². The highest BCUT2D eigenvalue weighted by atomic mass is 16.5. The predicted octanol–water partition coefficient (Wildman–Crippen LogP) is 2.60. The van der Waals surface area contributed by atoms with Gasteiger partial charge in [-0.05, 0) is 49.6 Å². The van der Waals surface area contributed by atoms with Crippen molar-refractivity contribution in [3.63, 3.8) is 0 Å². The number of nitrogens with two attached hydrogens (primary N) is 1. The Kier molecular flexibility index (Phi) is 8.22. The molecular formula is C28H29N9O3. The van der Waals surface area contributed by atoms with Crippen LogP contribution in [-0.2, 0) is 16.1 Å². The molecule has 4 heterocycles. The van der Waals surface area contributed by atoms with Gasteiger partial charge in [-0.25, -0.2) is 19.7 Å². The molecular weight excluding hydrogens is 510 g/mol. The van der Waals surface area contributed by atoms with E-state index in [1.165, 1.54) is 6.21 Å². The number of carbonyl (C=O) groups is 1. The number of rotatable bonds is 9. The number of anilines is 2. The second-order valence-corrected chi connectivity index (χ2v) is 9.52. The number of nitriles is 1. The SMILES string of the molecule is N#Cc1cccc(-c2cc(/C(C=NCc3cccc(N4CCC[C@@H]4C(=O)O)n3)=N/N)nc(N[C@H]3CCOC3)n2)c1. The van der Waals surface area contributed by atoms with Crippen LogP contribution in [-0.4, -0.2) is 69.8 Å². The first-order valence-corrected chi connectivity index (χ1v) is 13.0. The van der Waals surface area contributed by atoms with E-state index in [1.807, 2.05) is 29.2 Å². The minimum Gasteiger partial charge on any atom is -0.480 e. The van der Waals surface area contributed by atoms with Crippen molar-refractivity contribution in [2.75, 3.05) is 30.0 Å². The first-order chi connectivity index (χ1) is 19.5. The Balaban J connectivity index is 1.38. The summed E-state index contributed by atoms with van der Waals surface area (Å²) in [5.74, 6) is 5.93. The number of aromatic nitrogens is 3. The molecule has 12 heteroatoms. The number of benzene rings is 1. The summed E-state index contributed by atoms with van der Waals surface area (Å²) in [7, 11) is 0. The maximum atomic E-state index is 11.6. The van der Waals surface area contributed by atoms with E-state index >= 15 is 0 Å². The molecule has 4 N–H and O–H groups in total. The number of hydrogen-bond donors (Lipinski definition) is 3. The molecule has 5 rings (SSSR count). The topological polar surface area (TPSA) is 175 Å². The highest BCUT2D eigenvalue weighted by Gasteiger charge is 2.31. The zero-order chi connectivity index (χ0) is 27.9. The van der Waals surface area contributed by atoms with Gasteiger partial charge in [-0.3, -0.25) is 4.99 Å². The van der Waals surface area contributed by atoms with Gasteiger partial charge in [0.1, 0.15) is 17.6 Å². The highest BCUT2D eigenvalue weighted by molar-refractivity contribution is 6.37. The minimum atomic E-state index is -0.843. The first-order valence-electron chi connectivity index (χ1n) is 13.0. The average Bonchev–Trinajstić information content (AvgIpc) is 3.68. The van der Waals surface area contributed by atoms with Crippen LogP contribution in [0.3, 0.4) is 0 Å². The van der Waals surface area contributed by atoms with E-state index in [1.54, 1.807) is 24.3 Å². The number of ether oxygens (including phenoxy) is 1. The molecule has 0 bridgehead atoms. The van der Waals surface area contributed by atoms with Gasteiger partial charge in [-0.1, -0.05) is 18.2 Å². The average molecular weight is 540 g/mol. The fourth-order valence-electron chi connectivity index (χ4n) is 4.77. The monoisotopic (exact) mass is 539 g/mol. The van der Waals surface area contributed by atoms with Crippen LogP contribution in [0.25, 0.3) is 11.3 Å². The summed E-state index contributed by atoms with van der Waals surface area (Å²) in [4.78, 5) is 31.8. The number of nitrogens with zero attached hydrogens (tertiary/aromatic N) is 7. The standard InChI is InChI=1S/C28H29N9O3/c29-14-18-4-1-5-19(12-18)22-13-23(35-28(34-22)33-21-9-11-40-17-21)24(36-30)16-31-15-20-6-2-8-26(32-20)37-10-3-7-25(37)27(38)39/h1-2,4-6,8,12-13,16,21,25H,3,7,9-11,15,17,30H2,(H,38,39)(H,33,34,35)/b31-16?,36-24+/t21-,25+/m0/s1.